The molecule has 0 saturated carbocycles. The zero-order chi connectivity index (χ0) is 35.8. The van der Waals surface area contributed by atoms with Crippen molar-refractivity contribution in [3.05, 3.63) is 53.9 Å². The molecule has 14 heteroatoms. The molecule has 2 atom stereocenters. The molecule has 0 radical (unpaired) electrons. The van der Waals surface area contributed by atoms with Crippen LogP contribution in [0.15, 0.2) is 42.5 Å². The Morgan fingerprint density at radius 3 is 2.33 bits per heavy atom. The number of piperidine rings is 1. The molecule has 3 N–H and O–H groups in total. The quantitative estimate of drug-likeness (QED) is 0.186. The zero-order valence-electron chi connectivity index (χ0n) is 29.0. The number of aromatic nitrogens is 2. The molecule has 0 aliphatic carbocycles. The molecule has 3 heterocycles. The first-order valence-corrected chi connectivity index (χ1v) is 16.9. The number of benzene rings is 1. The Labute approximate surface area is 288 Å². The first kappa shape index (κ1) is 39.2. The van der Waals surface area contributed by atoms with E-state index < -0.39 is 11.9 Å². The Morgan fingerprint density at radius 1 is 1.06 bits per heavy atom. The molecule has 2 fully saturated rings. The van der Waals surface area contributed by atoms with Gasteiger partial charge >= 0.3 is 17.9 Å². The molecule has 1 aromatic heterocycles. The Balaban J connectivity index is 0.000000723. The molecule has 4 rings (SSSR count). The van der Waals surface area contributed by atoms with Crippen LogP contribution in [0.1, 0.15) is 56.2 Å². The van der Waals surface area contributed by atoms with Crippen molar-refractivity contribution >= 4 is 23.8 Å². The average Bonchev–Trinajstić information content (AvgIpc) is 3.46. The Kier molecular flexibility index (Phi) is 16.2. The van der Waals surface area contributed by atoms with Crippen molar-refractivity contribution in [1.29, 1.82) is 0 Å². The monoisotopic (exact) mass is 685 g/mol. The van der Waals surface area contributed by atoms with Gasteiger partial charge in [0.15, 0.2) is 5.69 Å². The van der Waals surface area contributed by atoms with Gasteiger partial charge in [-0.2, -0.15) is 4.98 Å². The number of para-hydroxylation sites is 1. The lowest BCUT2D eigenvalue weighted by Crippen LogP contribution is -2.56. The van der Waals surface area contributed by atoms with Crippen LogP contribution in [0.4, 0.5) is 0 Å². The molecular formula is C35H51N5O9. The summed E-state index contributed by atoms with van der Waals surface area (Å²) in [6, 6.07) is 10.3. The summed E-state index contributed by atoms with van der Waals surface area (Å²) < 4.78 is 18.7. The predicted octanol–water partition coefficient (Wildman–Crippen LogP) is 2.89. The average molecular weight is 686 g/mol. The number of nitrogens with zero attached hydrogens (tertiary/aromatic N) is 4. The highest BCUT2D eigenvalue weighted by Gasteiger charge is 2.37. The van der Waals surface area contributed by atoms with Crippen molar-refractivity contribution in [3.8, 4) is 11.7 Å². The fourth-order valence-electron chi connectivity index (χ4n) is 5.90. The van der Waals surface area contributed by atoms with E-state index in [9.17, 15) is 19.2 Å². The summed E-state index contributed by atoms with van der Waals surface area (Å²) >= 11 is 0. The van der Waals surface area contributed by atoms with Crippen molar-refractivity contribution in [2.45, 2.75) is 52.5 Å². The largest absolute Gasteiger partial charge is 0.478 e. The molecule has 2 aliphatic rings. The lowest BCUT2D eigenvalue weighted by atomic mass is 9.92. The summed E-state index contributed by atoms with van der Waals surface area (Å²) in [6.45, 7) is 11.5. The number of hydrogen-bond acceptors (Lipinski definition) is 9. The van der Waals surface area contributed by atoms with Crippen LogP contribution in [0, 0.1) is 11.8 Å². The molecule has 0 unspecified atom stereocenters. The number of carbonyl (C=O) groups is 4. The second kappa shape index (κ2) is 20.3. The topological polar surface area (TPSA) is 173 Å². The molecule has 2 amide bonds. The zero-order valence-corrected chi connectivity index (χ0v) is 29.0. The molecule has 0 spiro atoms. The van der Waals surface area contributed by atoms with Gasteiger partial charge in [0.2, 0.25) is 5.91 Å². The van der Waals surface area contributed by atoms with E-state index >= 15 is 0 Å². The molecule has 2 aromatic rings. The standard InChI is InChI=1S/C31H47N5O5.C4H4O4/c1-5-41-31-33-28(27(13-9-10-16-39-4)36(31)25-11-7-6-8-12-25)30(38)35(22-23(2)3)26-19-24(20-32-21-26)29(37)34-14-17-40-18-15-34;5-3(6)1-2-4(7)8/h6-8,11-12,23-24,26,32H,5,9-10,13-22H2,1-4H3;1-2H,(H,5,6)(H,7,8)/b;2-1+/t24-,26+;/m1./s1. The summed E-state index contributed by atoms with van der Waals surface area (Å²) in [5.41, 5.74) is 2.19. The minimum Gasteiger partial charge on any atom is -0.478 e. The van der Waals surface area contributed by atoms with Crippen LogP contribution in [0.5, 0.6) is 6.01 Å². The van der Waals surface area contributed by atoms with Gasteiger partial charge in [-0.05, 0) is 50.7 Å². The van der Waals surface area contributed by atoms with Crippen molar-refractivity contribution in [2.75, 3.05) is 66.3 Å². The van der Waals surface area contributed by atoms with Gasteiger partial charge in [-0.1, -0.05) is 32.0 Å². The van der Waals surface area contributed by atoms with E-state index in [2.05, 4.69) is 19.2 Å². The van der Waals surface area contributed by atoms with Crippen molar-refractivity contribution < 1.29 is 43.6 Å². The predicted molar refractivity (Wildman–Crippen MR) is 182 cm³/mol. The minimum absolute atomic E-state index is 0.109. The maximum Gasteiger partial charge on any atom is 0.328 e. The molecule has 270 valence electrons. The van der Waals surface area contributed by atoms with Crippen LogP contribution in [0.3, 0.4) is 0 Å². The van der Waals surface area contributed by atoms with Gasteiger partial charge in [0.1, 0.15) is 0 Å². The van der Waals surface area contributed by atoms with Gasteiger partial charge in [0.25, 0.3) is 5.91 Å². The van der Waals surface area contributed by atoms with Crippen LogP contribution in [0.2, 0.25) is 0 Å². The van der Waals surface area contributed by atoms with Crippen molar-refractivity contribution in [1.82, 2.24) is 24.7 Å². The fourth-order valence-corrected chi connectivity index (χ4v) is 5.90. The number of carboxylic acid groups (broad SMARTS) is 2. The Hall–Kier alpha value is -4.27. The highest BCUT2D eigenvalue weighted by atomic mass is 16.5. The van der Waals surface area contributed by atoms with E-state index in [0.29, 0.717) is 95.8 Å². The summed E-state index contributed by atoms with van der Waals surface area (Å²) in [5.74, 6) is -2.40. The van der Waals surface area contributed by atoms with E-state index in [1.54, 1.807) is 7.11 Å². The molecule has 49 heavy (non-hydrogen) atoms. The molecule has 1 aromatic carbocycles. The third-order valence-electron chi connectivity index (χ3n) is 8.08. The molecular weight excluding hydrogens is 634 g/mol. The van der Waals surface area contributed by atoms with Crippen LogP contribution >= 0.6 is 0 Å². The summed E-state index contributed by atoms with van der Waals surface area (Å²) in [5, 5.41) is 19.1. The lowest BCUT2D eigenvalue weighted by Gasteiger charge is -2.40. The number of morpholine rings is 1. The van der Waals surface area contributed by atoms with Crippen LogP contribution < -0.4 is 10.1 Å². The number of aliphatic carboxylic acids is 2. The first-order valence-electron chi connectivity index (χ1n) is 16.9. The van der Waals surface area contributed by atoms with Gasteiger partial charge in [0.05, 0.1) is 37.1 Å². The number of hydrogen-bond donors (Lipinski definition) is 3. The third-order valence-corrected chi connectivity index (χ3v) is 8.08. The lowest BCUT2D eigenvalue weighted by molar-refractivity contribution is -0.140. The number of unbranched alkanes of at least 4 members (excludes halogenated alkanes) is 1. The van der Waals surface area contributed by atoms with Crippen LogP contribution in [-0.2, 0) is 30.3 Å². The number of ether oxygens (including phenoxy) is 3. The maximum absolute atomic E-state index is 14.5. The van der Waals surface area contributed by atoms with Gasteiger partial charge in [-0.3, -0.25) is 14.2 Å². The third kappa shape index (κ3) is 12.0. The summed E-state index contributed by atoms with van der Waals surface area (Å²) in [7, 11) is 1.70. The van der Waals surface area contributed by atoms with E-state index in [0.717, 1.165) is 24.2 Å². The number of imidazole rings is 1. The first-order chi connectivity index (χ1) is 23.6. The number of methoxy groups -OCH3 is 1. The van der Waals surface area contributed by atoms with Crippen molar-refractivity contribution in [3.63, 3.8) is 0 Å². The smallest absolute Gasteiger partial charge is 0.328 e. The normalized spacial score (nSPS) is 17.8. The Bertz CT molecular complexity index is 1370. The molecule has 2 saturated heterocycles. The number of amides is 2. The molecule has 0 bridgehead atoms. The summed E-state index contributed by atoms with van der Waals surface area (Å²) in [6.07, 6.45) is 4.13. The van der Waals surface area contributed by atoms with Crippen LogP contribution in [-0.4, -0.2) is 126 Å². The fraction of sp³-hybridized carbons (Fsp3) is 0.571. The van der Waals surface area contributed by atoms with Gasteiger partial charge in [-0.15, -0.1) is 0 Å². The van der Waals surface area contributed by atoms with E-state index in [-0.39, 0.29) is 29.7 Å². The maximum atomic E-state index is 14.5. The number of carboxylic acids is 2. The second-order valence-corrected chi connectivity index (χ2v) is 12.3. The van der Waals surface area contributed by atoms with E-state index in [1.807, 2.05) is 51.6 Å². The van der Waals surface area contributed by atoms with Gasteiger partial charge in [-0.25, -0.2) is 9.59 Å². The number of carbonyl (C=O) groups excluding carboxylic acids is 2. The van der Waals surface area contributed by atoms with E-state index in [1.165, 1.54) is 0 Å². The highest BCUT2D eigenvalue weighted by molar-refractivity contribution is 5.94. The highest BCUT2D eigenvalue weighted by Crippen LogP contribution is 2.29. The number of nitrogens with one attached hydrogen (secondary N) is 1. The summed E-state index contributed by atoms with van der Waals surface area (Å²) in [4.78, 5) is 55.7. The molecule has 14 nitrogen and oxygen atoms in total. The second-order valence-electron chi connectivity index (χ2n) is 12.3. The molecule has 2 aliphatic heterocycles. The SMILES string of the molecule is CCOc1nc(C(=O)N(CC(C)C)[C@@H]2CNC[C@H](C(=O)N3CCOCC3)C2)c(CCCCOC)n1-c1ccccc1.O=C(O)/C=C/C(=O)O. The van der Waals surface area contributed by atoms with E-state index in [4.69, 9.17) is 29.4 Å². The number of rotatable bonds is 15. The van der Waals surface area contributed by atoms with Crippen LogP contribution in [0.25, 0.3) is 5.69 Å². The minimum atomic E-state index is -1.26. The Morgan fingerprint density at radius 2 is 1.73 bits per heavy atom. The van der Waals surface area contributed by atoms with Crippen molar-refractivity contribution in [2.24, 2.45) is 11.8 Å². The van der Waals surface area contributed by atoms with Gasteiger partial charge < -0.3 is 39.5 Å². The van der Waals surface area contributed by atoms with Gasteiger partial charge in [0, 0.05) is 64.6 Å².